The first kappa shape index (κ1) is 18.1. The molecule has 2 rings (SSSR count). The first-order valence-corrected chi connectivity index (χ1v) is 8.73. The molecule has 1 saturated heterocycles. The number of benzene rings is 1. The van der Waals surface area contributed by atoms with Crippen LogP contribution >= 0.6 is 0 Å². The van der Waals surface area contributed by atoms with Crippen molar-refractivity contribution in [1.82, 2.24) is 4.90 Å². The Balaban J connectivity index is 1.71. The van der Waals surface area contributed by atoms with Gasteiger partial charge in [0.15, 0.2) is 5.78 Å². The minimum absolute atomic E-state index is 0.0647. The summed E-state index contributed by atoms with van der Waals surface area (Å²) >= 11 is 0. The Bertz CT molecular complexity index is 493. The average Bonchev–Trinajstić information content (AvgIpc) is 2.57. The molecule has 0 unspecified atom stereocenters. The van der Waals surface area contributed by atoms with E-state index in [2.05, 4.69) is 18.7 Å². The van der Waals surface area contributed by atoms with Crippen molar-refractivity contribution in [3.63, 3.8) is 0 Å². The highest BCUT2D eigenvalue weighted by molar-refractivity contribution is 5.95. The number of halogens is 1. The predicted molar refractivity (Wildman–Crippen MR) is 90.3 cm³/mol. The Kier molecular flexibility index (Phi) is 6.72. The minimum atomic E-state index is -0.302. The van der Waals surface area contributed by atoms with E-state index < -0.39 is 0 Å². The number of hydrogen-bond donors (Lipinski definition) is 0. The number of piperidine rings is 1. The summed E-state index contributed by atoms with van der Waals surface area (Å²) in [6.07, 6.45) is 4.58. The maximum absolute atomic E-state index is 12.9. The van der Waals surface area contributed by atoms with E-state index in [-0.39, 0.29) is 17.2 Å². The van der Waals surface area contributed by atoms with E-state index in [1.165, 1.54) is 12.1 Å². The molecule has 4 heteroatoms. The van der Waals surface area contributed by atoms with Crippen LogP contribution in [0, 0.1) is 5.82 Å². The average molecular weight is 321 g/mol. The van der Waals surface area contributed by atoms with E-state index in [1.54, 1.807) is 12.1 Å². The molecule has 0 saturated carbocycles. The molecule has 23 heavy (non-hydrogen) atoms. The normalized spacial score (nSPS) is 18.0. The van der Waals surface area contributed by atoms with Gasteiger partial charge in [0.1, 0.15) is 5.82 Å². The van der Waals surface area contributed by atoms with Crippen molar-refractivity contribution < 1.29 is 13.9 Å². The Morgan fingerprint density at radius 3 is 2.43 bits per heavy atom. The van der Waals surface area contributed by atoms with Crippen molar-refractivity contribution in [3.05, 3.63) is 35.6 Å². The summed E-state index contributed by atoms with van der Waals surface area (Å²) in [5.41, 5.74) is 0.668. The summed E-state index contributed by atoms with van der Waals surface area (Å²) in [5, 5.41) is 0. The smallest absolute Gasteiger partial charge is 0.162 e. The first-order chi connectivity index (χ1) is 11.1. The largest absolute Gasteiger partial charge is 0.375 e. The number of nitrogens with zero attached hydrogens (tertiary/aromatic N) is 1. The van der Waals surface area contributed by atoms with Gasteiger partial charge in [-0.2, -0.15) is 0 Å². The molecular weight excluding hydrogens is 293 g/mol. The number of carbonyl (C=O) groups excluding carboxylic acids is 1. The first-order valence-electron chi connectivity index (χ1n) is 8.73. The molecule has 0 atom stereocenters. The number of Topliss-reactive ketones (excluding diaryl/α,β-unsaturated/α-hetero) is 1. The van der Waals surface area contributed by atoms with Crippen LogP contribution in [0.15, 0.2) is 24.3 Å². The zero-order valence-electron chi connectivity index (χ0n) is 14.3. The van der Waals surface area contributed by atoms with Gasteiger partial charge < -0.3 is 9.64 Å². The topological polar surface area (TPSA) is 29.5 Å². The lowest BCUT2D eigenvalue weighted by Crippen LogP contribution is -2.46. The molecule has 0 amide bonds. The van der Waals surface area contributed by atoms with Crippen LogP contribution in [0.1, 0.15) is 56.3 Å². The number of ether oxygens (including phenoxy) is 1. The molecule has 1 fully saturated rings. The fourth-order valence-electron chi connectivity index (χ4n) is 3.33. The second-order valence-corrected chi connectivity index (χ2v) is 6.34. The van der Waals surface area contributed by atoms with Gasteiger partial charge in [0.05, 0.1) is 5.60 Å². The predicted octanol–water partition coefficient (Wildman–Crippen LogP) is 4.07. The summed E-state index contributed by atoms with van der Waals surface area (Å²) in [5.74, 6) is -0.206. The van der Waals surface area contributed by atoms with E-state index in [0.717, 1.165) is 51.9 Å². The van der Waals surface area contributed by atoms with Crippen LogP contribution in [-0.2, 0) is 4.74 Å². The SMILES string of the molecule is CCOC1(CC)CCN(CCCC(=O)c2ccc(F)cc2)CC1. The maximum atomic E-state index is 12.9. The van der Waals surface area contributed by atoms with E-state index in [9.17, 15) is 9.18 Å². The highest BCUT2D eigenvalue weighted by atomic mass is 19.1. The number of likely N-dealkylation sites (tertiary alicyclic amines) is 1. The van der Waals surface area contributed by atoms with Crippen molar-refractivity contribution >= 4 is 5.78 Å². The number of ketones is 1. The fourth-order valence-corrected chi connectivity index (χ4v) is 3.33. The third kappa shape index (κ3) is 5.11. The molecule has 0 bridgehead atoms. The van der Waals surface area contributed by atoms with Gasteiger partial charge in [0, 0.05) is 31.7 Å². The maximum Gasteiger partial charge on any atom is 0.162 e. The molecule has 0 radical (unpaired) electrons. The second kappa shape index (κ2) is 8.55. The molecule has 1 aliphatic rings. The van der Waals surface area contributed by atoms with Crippen LogP contribution in [0.5, 0.6) is 0 Å². The molecule has 0 aliphatic carbocycles. The summed E-state index contributed by atoms with van der Waals surface area (Å²) in [4.78, 5) is 14.5. The summed E-state index contributed by atoms with van der Waals surface area (Å²) < 4.78 is 18.8. The highest BCUT2D eigenvalue weighted by Crippen LogP contribution is 2.29. The Morgan fingerprint density at radius 2 is 1.87 bits per heavy atom. The Morgan fingerprint density at radius 1 is 1.22 bits per heavy atom. The van der Waals surface area contributed by atoms with Crippen molar-refractivity contribution in [2.24, 2.45) is 0 Å². The van der Waals surface area contributed by atoms with Gasteiger partial charge in [-0.3, -0.25) is 4.79 Å². The minimum Gasteiger partial charge on any atom is -0.375 e. The van der Waals surface area contributed by atoms with E-state index >= 15 is 0 Å². The lowest BCUT2D eigenvalue weighted by atomic mass is 9.88. The lowest BCUT2D eigenvalue weighted by molar-refractivity contribution is -0.0814. The number of hydrogen-bond acceptors (Lipinski definition) is 3. The molecule has 1 heterocycles. The zero-order valence-corrected chi connectivity index (χ0v) is 14.3. The van der Waals surface area contributed by atoms with Crippen molar-refractivity contribution in [3.8, 4) is 0 Å². The fraction of sp³-hybridized carbons (Fsp3) is 0.632. The monoisotopic (exact) mass is 321 g/mol. The van der Waals surface area contributed by atoms with Gasteiger partial charge in [0.25, 0.3) is 0 Å². The van der Waals surface area contributed by atoms with Crippen molar-refractivity contribution in [1.29, 1.82) is 0 Å². The highest BCUT2D eigenvalue weighted by Gasteiger charge is 2.33. The number of rotatable bonds is 8. The van der Waals surface area contributed by atoms with E-state index in [4.69, 9.17) is 4.74 Å². The molecule has 128 valence electrons. The third-order valence-electron chi connectivity index (χ3n) is 4.91. The van der Waals surface area contributed by atoms with Crippen LogP contribution in [0.2, 0.25) is 0 Å². The summed E-state index contributed by atoms with van der Waals surface area (Å²) in [6, 6.07) is 5.82. The summed E-state index contributed by atoms with van der Waals surface area (Å²) in [6.45, 7) is 8.06. The lowest BCUT2D eigenvalue weighted by Gasteiger charge is -2.41. The van der Waals surface area contributed by atoms with Crippen molar-refractivity contribution in [2.45, 2.75) is 51.6 Å². The van der Waals surface area contributed by atoms with Gasteiger partial charge >= 0.3 is 0 Å². The molecule has 0 aromatic heterocycles. The van der Waals surface area contributed by atoms with Crippen LogP contribution < -0.4 is 0 Å². The molecule has 1 aromatic carbocycles. The zero-order chi connectivity index (χ0) is 16.7. The van der Waals surface area contributed by atoms with Gasteiger partial charge in [-0.25, -0.2) is 4.39 Å². The van der Waals surface area contributed by atoms with Crippen molar-refractivity contribution in [2.75, 3.05) is 26.2 Å². The molecule has 1 aliphatic heterocycles. The van der Waals surface area contributed by atoms with Crippen LogP contribution in [0.25, 0.3) is 0 Å². The molecule has 0 spiro atoms. The third-order valence-corrected chi connectivity index (χ3v) is 4.91. The van der Waals surface area contributed by atoms with Gasteiger partial charge in [-0.05, 0) is 63.4 Å². The molecule has 1 aromatic rings. The molecule has 3 nitrogen and oxygen atoms in total. The Hall–Kier alpha value is -1.26. The van der Waals surface area contributed by atoms with E-state index in [1.807, 2.05) is 0 Å². The van der Waals surface area contributed by atoms with Gasteiger partial charge in [-0.1, -0.05) is 6.92 Å². The molecule has 0 N–H and O–H groups in total. The quantitative estimate of drug-likeness (QED) is 0.676. The van der Waals surface area contributed by atoms with Gasteiger partial charge in [-0.15, -0.1) is 0 Å². The van der Waals surface area contributed by atoms with Crippen LogP contribution in [-0.4, -0.2) is 42.5 Å². The van der Waals surface area contributed by atoms with Crippen LogP contribution in [0.3, 0.4) is 0 Å². The van der Waals surface area contributed by atoms with Gasteiger partial charge in [0.2, 0.25) is 0 Å². The standard InChI is InChI=1S/C19H28FNO2/c1-3-19(23-4-2)11-14-21(15-12-19)13-5-6-18(22)16-7-9-17(20)10-8-16/h7-10H,3-6,11-15H2,1-2H3. The summed E-state index contributed by atoms with van der Waals surface area (Å²) in [7, 11) is 0. The van der Waals surface area contributed by atoms with Crippen LogP contribution in [0.4, 0.5) is 4.39 Å². The Labute approximate surface area is 138 Å². The molecular formula is C19H28FNO2. The number of carbonyl (C=O) groups is 1. The van der Waals surface area contributed by atoms with E-state index in [0.29, 0.717) is 12.0 Å². The second-order valence-electron chi connectivity index (χ2n) is 6.34.